The van der Waals surface area contributed by atoms with Crippen LogP contribution in [0.1, 0.15) is 0 Å². The van der Waals surface area contributed by atoms with Crippen LogP contribution in [-0.2, 0) is 9.59 Å². The quantitative estimate of drug-likeness (QED) is 0.800. The summed E-state index contributed by atoms with van der Waals surface area (Å²) in [6.45, 7) is 0.0171. The molecular formula is C17H16Cl2FN3O2. The normalized spacial score (nSPS) is 10.6. The van der Waals surface area contributed by atoms with Crippen molar-refractivity contribution < 1.29 is 14.0 Å². The van der Waals surface area contributed by atoms with Crippen LogP contribution < -0.4 is 10.6 Å². The zero-order valence-electron chi connectivity index (χ0n) is 13.4. The van der Waals surface area contributed by atoms with E-state index in [-0.39, 0.29) is 29.9 Å². The highest BCUT2D eigenvalue weighted by Crippen LogP contribution is 2.19. The summed E-state index contributed by atoms with van der Waals surface area (Å²) >= 11 is 11.4. The van der Waals surface area contributed by atoms with Gasteiger partial charge >= 0.3 is 0 Å². The van der Waals surface area contributed by atoms with Gasteiger partial charge in [0, 0.05) is 16.4 Å². The SMILES string of the molecule is CN(CC(=O)Nc1ccc(Cl)cc1)CC(=O)Nc1ccc(F)c(Cl)c1. The molecule has 25 heavy (non-hydrogen) atoms. The van der Waals surface area contributed by atoms with E-state index in [2.05, 4.69) is 10.6 Å². The first-order valence-corrected chi connectivity index (χ1v) is 8.08. The number of carbonyl (C=O) groups is 2. The predicted octanol–water partition coefficient (Wildman–Crippen LogP) is 3.64. The topological polar surface area (TPSA) is 61.4 Å². The first-order chi connectivity index (χ1) is 11.8. The van der Waals surface area contributed by atoms with Gasteiger partial charge in [-0.1, -0.05) is 23.2 Å². The van der Waals surface area contributed by atoms with Gasteiger partial charge in [0.1, 0.15) is 5.82 Å². The minimum absolute atomic E-state index is 0.0109. The lowest BCUT2D eigenvalue weighted by molar-refractivity contribution is -0.119. The molecule has 2 aromatic carbocycles. The van der Waals surface area contributed by atoms with Crippen molar-refractivity contribution in [2.24, 2.45) is 0 Å². The molecule has 0 unspecified atom stereocenters. The second kappa shape index (κ2) is 8.80. The van der Waals surface area contributed by atoms with E-state index in [1.165, 1.54) is 18.2 Å². The van der Waals surface area contributed by atoms with Crippen molar-refractivity contribution in [3.8, 4) is 0 Å². The minimum atomic E-state index is -0.560. The number of hydrogen-bond donors (Lipinski definition) is 2. The van der Waals surface area contributed by atoms with Crippen LogP contribution in [-0.4, -0.2) is 36.9 Å². The number of halogens is 3. The lowest BCUT2D eigenvalue weighted by atomic mass is 10.3. The summed E-state index contributed by atoms with van der Waals surface area (Å²) in [6, 6.07) is 10.6. The number of rotatable bonds is 6. The van der Waals surface area contributed by atoms with Crippen molar-refractivity contribution in [3.63, 3.8) is 0 Å². The summed E-state index contributed by atoms with van der Waals surface area (Å²) in [5.41, 5.74) is 1.00. The monoisotopic (exact) mass is 383 g/mol. The van der Waals surface area contributed by atoms with E-state index in [0.29, 0.717) is 16.4 Å². The molecule has 5 nitrogen and oxygen atoms in total. The molecule has 2 amide bonds. The van der Waals surface area contributed by atoms with Crippen LogP contribution in [0.3, 0.4) is 0 Å². The Hall–Kier alpha value is -2.15. The Kier molecular flexibility index (Phi) is 6.75. The van der Waals surface area contributed by atoms with E-state index in [1.807, 2.05) is 0 Å². The average molecular weight is 384 g/mol. The van der Waals surface area contributed by atoms with Gasteiger partial charge in [0.2, 0.25) is 11.8 Å². The van der Waals surface area contributed by atoms with Gasteiger partial charge in [-0.05, 0) is 49.5 Å². The maximum absolute atomic E-state index is 13.1. The fourth-order valence-corrected chi connectivity index (χ4v) is 2.36. The van der Waals surface area contributed by atoms with Crippen molar-refractivity contribution in [3.05, 3.63) is 58.3 Å². The number of likely N-dealkylation sites (N-methyl/N-ethyl adjacent to an activating group) is 1. The molecule has 0 saturated carbocycles. The van der Waals surface area contributed by atoms with Crippen LogP contribution >= 0.6 is 23.2 Å². The minimum Gasteiger partial charge on any atom is -0.325 e. The van der Waals surface area contributed by atoms with Gasteiger partial charge in [-0.15, -0.1) is 0 Å². The molecule has 0 aliphatic carbocycles. The lowest BCUT2D eigenvalue weighted by Crippen LogP contribution is -2.36. The fourth-order valence-electron chi connectivity index (χ4n) is 2.05. The maximum Gasteiger partial charge on any atom is 0.238 e. The van der Waals surface area contributed by atoms with Crippen LogP contribution in [0.5, 0.6) is 0 Å². The van der Waals surface area contributed by atoms with E-state index >= 15 is 0 Å². The first kappa shape index (κ1) is 19.2. The van der Waals surface area contributed by atoms with Gasteiger partial charge in [-0.25, -0.2) is 4.39 Å². The molecule has 0 aliphatic rings. The average Bonchev–Trinajstić information content (AvgIpc) is 2.52. The number of nitrogens with zero attached hydrogens (tertiary/aromatic N) is 1. The third-order valence-corrected chi connectivity index (χ3v) is 3.70. The molecule has 0 spiro atoms. The number of hydrogen-bond acceptors (Lipinski definition) is 3. The number of nitrogens with one attached hydrogen (secondary N) is 2. The standard InChI is InChI=1S/C17H16Cl2FN3O2/c1-23(9-16(24)21-12-4-2-11(18)3-5-12)10-17(25)22-13-6-7-15(20)14(19)8-13/h2-8H,9-10H2,1H3,(H,21,24)(H,22,25). The van der Waals surface area contributed by atoms with Gasteiger partial charge in [0.15, 0.2) is 0 Å². The Morgan fingerprint density at radius 1 is 0.960 bits per heavy atom. The van der Waals surface area contributed by atoms with Crippen molar-refractivity contribution >= 4 is 46.4 Å². The molecule has 0 atom stereocenters. The summed E-state index contributed by atoms with van der Waals surface area (Å²) in [4.78, 5) is 25.5. The third kappa shape index (κ3) is 6.34. The van der Waals surface area contributed by atoms with E-state index in [4.69, 9.17) is 23.2 Å². The highest BCUT2D eigenvalue weighted by Gasteiger charge is 2.12. The zero-order chi connectivity index (χ0) is 18.4. The smallest absolute Gasteiger partial charge is 0.238 e. The third-order valence-electron chi connectivity index (χ3n) is 3.16. The number of carbonyl (C=O) groups excluding carboxylic acids is 2. The maximum atomic E-state index is 13.1. The molecule has 132 valence electrons. The van der Waals surface area contributed by atoms with Gasteiger partial charge < -0.3 is 10.6 Å². The Morgan fingerprint density at radius 3 is 2.04 bits per heavy atom. The van der Waals surface area contributed by atoms with Crippen molar-refractivity contribution in [1.29, 1.82) is 0 Å². The van der Waals surface area contributed by atoms with Crippen molar-refractivity contribution in [2.45, 2.75) is 0 Å². The molecule has 2 aromatic rings. The Morgan fingerprint density at radius 2 is 1.48 bits per heavy atom. The van der Waals surface area contributed by atoms with Crippen molar-refractivity contribution in [1.82, 2.24) is 4.90 Å². The van der Waals surface area contributed by atoms with Gasteiger partial charge in [-0.3, -0.25) is 14.5 Å². The molecule has 0 fully saturated rings. The van der Waals surface area contributed by atoms with E-state index in [0.717, 1.165) is 0 Å². The molecule has 0 heterocycles. The van der Waals surface area contributed by atoms with Crippen LogP contribution in [0.2, 0.25) is 10.0 Å². The van der Waals surface area contributed by atoms with Gasteiger partial charge in [0.25, 0.3) is 0 Å². The van der Waals surface area contributed by atoms with E-state index in [9.17, 15) is 14.0 Å². The molecule has 0 saturated heterocycles. The van der Waals surface area contributed by atoms with E-state index in [1.54, 1.807) is 36.2 Å². The molecule has 0 radical (unpaired) electrons. The second-order valence-corrected chi connectivity index (χ2v) is 6.25. The molecule has 0 aliphatic heterocycles. The molecular weight excluding hydrogens is 368 g/mol. The summed E-state index contributed by atoms with van der Waals surface area (Å²) in [6.07, 6.45) is 0. The highest BCUT2D eigenvalue weighted by atomic mass is 35.5. The fraction of sp³-hybridized carbons (Fsp3) is 0.176. The number of anilines is 2. The predicted molar refractivity (Wildman–Crippen MR) is 97.6 cm³/mol. The summed E-state index contributed by atoms with van der Waals surface area (Å²) in [5, 5.41) is 5.80. The Labute approximate surface area is 154 Å². The van der Waals surface area contributed by atoms with Crippen LogP contribution in [0.15, 0.2) is 42.5 Å². The van der Waals surface area contributed by atoms with Gasteiger partial charge in [0.05, 0.1) is 18.1 Å². The lowest BCUT2D eigenvalue weighted by Gasteiger charge is -2.16. The number of amides is 2. The zero-order valence-corrected chi connectivity index (χ0v) is 14.9. The first-order valence-electron chi connectivity index (χ1n) is 7.32. The molecule has 0 bridgehead atoms. The summed E-state index contributed by atoms with van der Waals surface area (Å²) < 4.78 is 13.1. The summed E-state index contributed by atoms with van der Waals surface area (Å²) in [5.74, 6) is -1.16. The highest BCUT2D eigenvalue weighted by molar-refractivity contribution is 6.31. The van der Waals surface area contributed by atoms with Crippen molar-refractivity contribution in [2.75, 3.05) is 30.8 Å². The molecule has 8 heteroatoms. The molecule has 2 N–H and O–H groups in total. The summed E-state index contributed by atoms with van der Waals surface area (Å²) in [7, 11) is 1.64. The van der Waals surface area contributed by atoms with Gasteiger partial charge in [-0.2, -0.15) is 0 Å². The molecule has 2 rings (SSSR count). The largest absolute Gasteiger partial charge is 0.325 e. The molecule has 0 aromatic heterocycles. The second-order valence-electron chi connectivity index (χ2n) is 5.40. The van der Waals surface area contributed by atoms with Crippen LogP contribution in [0.4, 0.5) is 15.8 Å². The van der Waals surface area contributed by atoms with Crippen LogP contribution in [0.25, 0.3) is 0 Å². The van der Waals surface area contributed by atoms with Crippen LogP contribution in [0, 0.1) is 5.82 Å². The Balaban J connectivity index is 1.81. The number of benzene rings is 2. The van der Waals surface area contributed by atoms with E-state index < -0.39 is 5.82 Å². The Bertz CT molecular complexity index is 769.